The van der Waals surface area contributed by atoms with Crippen LogP contribution in [0.3, 0.4) is 0 Å². The van der Waals surface area contributed by atoms with Crippen molar-refractivity contribution in [3.8, 4) is 0 Å². The molecule has 0 unspecified atom stereocenters. The zero-order valence-electron chi connectivity index (χ0n) is 12.4. The Kier molecular flexibility index (Phi) is 4.61. The van der Waals surface area contributed by atoms with Crippen LogP contribution in [0, 0.1) is 0 Å². The van der Waals surface area contributed by atoms with Crippen LogP contribution in [0.5, 0.6) is 0 Å². The molecule has 0 aromatic heterocycles. The van der Waals surface area contributed by atoms with E-state index in [-0.39, 0.29) is 11.9 Å². The first-order valence-electron chi connectivity index (χ1n) is 7.06. The van der Waals surface area contributed by atoms with Crippen molar-refractivity contribution in [3.63, 3.8) is 0 Å². The molecule has 0 aliphatic rings. The minimum Gasteiger partial charge on any atom is -0.374 e. The van der Waals surface area contributed by atoms with E-state index in [4.69, 9.17) is 0 Å². The Morgan fingerprint density at radius 3 is 2.60 bits per heavy atom. The zero-order valence-corrected chi connectivity index (χ0v) is 12.4. The number of anilines is 1. The number of carbonyl (C=O) groups is 1. The van der Waals surface area contributed by atoms with Gasteiger partial charge in [-0.25, -0.2) is 0 Å². The van der Waals surface area contributed by atoms with Gasteiger partial charge in [-0.3, -0.25) is 4.79 Å². The maximum absolute atomic E-state index is 11.7. The Hall–Kier alpha value is -2.03. The molecule has 0 radical (unpaired) electrons. The van der Waals surface area contributed by atoms with Gasteiger partial charge < -0.3 is 10.2 Å². The van der Waals surface area contributed by atoms with Crippen LogP contribution in [0.2, 0.25) is 0 Å². The van der Waals surface area contributed by atoms with Gasteiger partial charge in [0.05, 0.1) is 0 Å². The summed E-state index contributed by atoms with van der Waals surface area (Å²) in [5, 5.41) is 5.37. The number of hydrogen-bond acceptors (Lipinski definition) is 2. The van der Waals surface area contributed by atoms with E-state index in [1.165, 1.54) is 16.5 Å². The molecule has 0 fully saturated rings. The van der Waals surface area contributed by atoms with E-state index in [1.54, 1.807) is 0 Å². The standard InChI is InChI=1S/C17H22N2O/c1-13(2)18-17(20)11-12-19(3)16-10-6-8-14-7-4-5-9-15(14)16/h4-10,13H,11-12H2,1-3H3,(H,18,20). The molecule has 0 saturated carbocycles. The minimum absolute atomic E-state index is 0.104. The van der Waals surface area contributed by atoms with Crippen molar-refractivity contribution >= 4 is 22.4 Å². The van der Waals surface area contributed by atoms with Gasteiger partial charge in [0.25, 0.3) is 0 Å². The molecule has 3 nitrogen and oxygen atoms in total. The third-order valence-electron chi connectivity index (χ3n) is 3.30. The highest BCUT2D eigenvalue weighted by Gasteiger charge is 2.08. The van der Waals surface area contributed by atoms with E-state index in [2.05, 4.69) is 40.5 Å². The molecule has 2 aromatic carbocycles. The Balaban J connectivity index is 2.08. The second-order valence-corrected chi connectivity index (χ2v) is 5.39. The lowest BCUT2D eigenvalue weighted by molar-refractivity contribution is -0.121. The maximum atomic E-state index is 11.7. The van der Waals surface area contributed by atoms with Crippen LogP contribution in [0.4, 0.5) is 5.69 Å². The Morgan fingerprint density at radius 2 is 1.85 bits per heavy atom. The first-order valence-corrected chi connectivity index (χ1v) is 7.06. The minimum atomic E-state index is 0.104. The van der Waals surface area contributed by atoms with Crippen molar-refractivity contribution in [2.45, 2.75) is 26.3 Å². The second kappa shape index (κ2) is 6.42. The molecule has 0 heterocycles. The number of amides is 1. The summed E-state index contributed by atoms with van der Waals surface area (Å²) in [6.07, 6.45) is 0.512. The van der Waals surface area contributed by atoms with Gasteiger partial charge in [-0.1, -0.05) is 36.4 Å². The normalized spacial score (nSPS) is 10.8. The average molecular weight is 270 g/mol. The van der Waals surface area contributed by atoms with Crippen molar-refractivity contribution in [1.82, 2.24) is 5.32 Å². The molecule has 0 saturated heterocycles. The first kappa shape index (κ1) is 14.4. The van der Waals surface area contributed by atoms with Gasteiger partial charge in [-0.05, 0) is 25.3 Å². The molecule has 0 aliphatic carbocycles. The van der Waals surface area contributed by atoms with Gasteiger partial charge in [-0.2, -0.15) is 0 Å². The van der Waals surface area contributed by atoms with Crippen LogP contribution in [0.15, 0.2) is 42.5 Å². The molecule has 1 N–H and O–H groups in total. The summed E-state index contributed by atoms with van der Waals surface area (Å²) in [4.78, 5) is 13.9. The number of nitrogens with zero attached hydrogens (tertiary/aromatic N) is 1. The molecule has 0 spiro atoms. The summed E-state index contributed by atoms with van der Waals surface area (Å²) in [5.41, 5.74) is 1.17. The lowest BCUT2D eigenvalue weighted by Crippen LogP contribution is -2.33. The molecule has 2 rings (SSSR count). The molecule has 0 atom stereocenters. The number of fused-ring (bicyclic) bond motifs is 1. The Labute approximate surface area is 120 Å². The van der Waals surface area contributed by atoms with Gasteiger partial charge in [0, 0.05) is 37.1 Å². The van der Waals surface area contributed by atoms with Crippen LogP contribution in [0.1, 0.15) is 20.3 Å². The van der Waals surface area contributed by atoms with Crippen molar-refractivity contribution in [2.24, 2.45) is 0 Å². The zero-order chi connectivity index (χ0) is 14.5. The monoisotopic (exact) mass is 270 g/mol. The number of carbonyl (C=O) groups excluding carboxylic acids is 1. The van der Waals surface area contributed by atoms with Gasteiger partial charge in [0.1, 0.15) is 0 Å². The lowest BCUT2D eigenvalue weighted by Gasteiger charge is -2.21. The predicted molar refractivity (Wildman–Crippen MR) is 85.1 cm³/mol. The Morgan fingerprint density at radius 1 is 1.15 bits per heavy atom. The molecule has 0 aliphatic heterocycles. The molecule has 2 aromatic rings. The van der Waals surface area contributed by atoms with Gasteiger partial charge in [0.2, 0.25) is 5.91 Å². The highest BCUT2D eigenvalue weighted by Crippen LogP contribution is 2.25. The highest BCUT2D eigenvalue weighted by molar-refractivity contribution is 5.94. The van der Waals surface area contributed by atoms with Crippen LogP contribution in [-0.2, 0) is 4.79 Å². The SMILES string of the molecule is CC(C)NC(=O)CCN(C)c1cccc2ccccc12. The van der Waals surface area contributed by atoms with Crippen molar-refractivity contribution < 1.29 is 4.79 Å². The van der Waals surface area contributed by atoms with Crippen LogP contribution < -0.4 is 10.2 Å². The highest BCUT2D eigenvalue weighted by atomic mass is 16.1. The number of rotatable bonds is 5. The van der Waals surface area contributed by atoms with Crippen molar-refractivity contribution in [1.29, 1.82) is 0 Å². The number of benzene rings is 2. The van der Waals surface area contributed by atoms with Crippen LogP contribution in [0.25, 0.3) is 10.8 Å². The Bertz CT molecular complexity index is 587. The third-order valence-corrected chi connectivity index (χ3v) is 3.30. The first-order chi connectivity index (χ1) is 9.58. The number of nitrogens with one attached hydrogen (secondary N) is 1. The summed E-state index contributed by atoms with van der Waals surface area (Å²) in [5.74, 6) is 0.104. The fraction of sp³-hybridized carbons (Fsp3) is 0.353. The van der Waals surface area contributed by atoms with Crippen LogP contribution in [-0.4, -0.2) is 25.5 Å². The topological polar surface area (TPSA) is 32.3 Å². The fourth-order valence-electron chi connectivity index (χ4n) is 2.33. The lowest BCUT2D eigenvalue weighted by atomic mass is 10.1. The quantitative estimate of drug-likeness (QED) is 0.905. The molecule has 20 heavy (non-hydrogen) atoms. The van der Waals surface area contributed by atoms with E-state index in [0.717, 1.165) is 0 Å². The second-order valence-electron chi connectivity index (χ2n) is 5.39. The van der Waals surface area contributed by atoms with E-state index in [9.17, 15) is 4.79 Å². The van der Waals surface area contributed by atoms with Gasteiger partial charge >= 0.3 is 0 Å². The van der Waals surface area contributed by atoms with Crippen molar-refractivity contribution in [2.75, 3.05) is 18.5 Å². The summed E-state index contributed by atoms with van der Waals surface area (Å²) in [6.45, 7) is 4.67. The van der Waals surface area contributed by atoms with Crippen LogP contribution >= 0.6 is 0 Å². The third kappa shape index (κ3) is 3.50. The number of hydrogen-bond donors (Lipinski definition) is 1. The average Bonchev–Trinajstić information content (AvgIpc) is 2.43. The van der Waals surface area contributed by atoms with Gasteiger partial charge in [-0.15, -0.1) is 0 Å². The summed E-state index contributed by atoms with van der Waals surface area (Å²) >= 11 is 0. The van der Waals surface area contributed by atoms with E-state index < -0.39 is 0 Å². The molecule has 0 bridgehead atoms. The molecule has 106 valence electrons. The molecule has 3 heteroatoms. The maximum Gasteiger partial charge on any atom is 0.221 e. The molecular weight excluding hydrogens is 248 g/mol. The summed E-state index contributed by atoms with van der Waals surface area (Å²) < 4.78 is 0. The molecule has 1 amide bonds. The van der Waals surface area contributed by atoms with E-state index in [0.29, 0.717) is 13.0 Å². The van der Waals surface area contributed by atoms with Gasteiger partial charge in [0.15, 0.2) is 0 Å². The largest absolute Gasteiger partial charge is 0.374 e. The van der Waals surface area contributed by atoms with E-state index in [1.807, 2.05) is 33.0 Å². The summed E-state index contributed by atoms with van der Waals surface area (Å²) in [7, 11) is 2.03. The smallest absolute Gasteiger partial charge is 0.221 e. The molecular formula is C17H22N2O. The summed E-state index contributed by atoms with van der Waals surface area (Å²) in [6, 6.07) is 14.8. The van der Waals surface area contributed by atoms with Crippen molar-refractivity contribution in [3.05, 3.63) is 42.5 Å². The fourth-order valence-corrected chi connectivity index (χ4v) is 2.33. The predicted octanol–water partition coefficient (Wildman–Crippen LogP) is 3.19. The van der Waals surface area contributed by atoms with E-state index >= 15 is 0 Å².